The number of pyridine rings is 1. The minimum atomic E-state index is -3.87. The van der Waals surface area contributed by atoms with Crippen molar-refractivity contribution < 1.29 is 18.3 Å². The van der Waals surface area contributed by atoms with E-state index in [9.17, 15) is 18.3 Å². The van der Waals surface area contributed by atoms with E-state index in [0.29, 0.717) is 0 Å². The second-order valence-corrected chi connectivity index (χ2v) is 7.68. The standard InChI is InChI=1S/C13H15ClN2O4S/c14-12-9(2-1-5-15-12)21(19,20)16-11-8-4-3-7(6-8)10(11)13(17)18/h1-2,5,7-8,10-11,16H,3-4,6H2,(H,17,18). The summed E-state index contributed by atoms with van der Waals surface area (Å²) < 4.78 is 27.4. The molecule has 114 valence electrons. The Hall–Kier alpha value is -1.18. The number of nitrogens with zero attached hydrogens (tertiary/aromatic N) is 1. The van der Waals surface area contributed by atoms with E-state index in [2.05, 4.69) is 9.71 Å². The summed E-state index contributed by atoms with van der Waals surface area (Å²) in [6.07, 6.45) is 3.89. The van der Waals surface area contributed by atoms with Crippen molar-refractivity contribution in [2.75, 3.05) is 0 Å². The van der Waals surface area contributed by atoms with Crippen LogP contribution in [0.4, 0.5) is 0 Å². The van der Waals surface area contributed by atoms with Gasteiger partial charge in [0.25, 0.3) is 0 Å². The molecular formula is C13H15ClN2O4S. The first kappa shape index (κ1) is 14.7. The van der Waals surface area contributed by atoms with Crippen molar-refractivity contribution in [3.63, 3.8) is 0 Å². The molecule has 2 fully saturated rings. The van der Waals surface area contributed by atoms with Crippen LogP contribution < -0.4 is 4.72 Å². The second-order valence-electron chi connectivity index (χ2n) is 5.64. The highest BCUT2D eigenvalue weighted by molar-refractivity contribution is 7.89. The lowest BCUT2D eigenvalue weighted by atomic mass is 9.85. The average Bonchev–Trinajstić information content (AvgIpc) is 2.99. The first-order chi connectivity index (χ1) is 9.90. The zero-order valence-corrected chi connectivity index (χ0v) is 12.6. The molecule has 1 aromatic rings. The second kappa shape index (κ2) is 5.23. The summed E-state index contributed by atoms with van der Waals surface area (Å²) in [5.41, 5.74) is 0. The molecule has 0 saturated heterocycles. The zero-order chi connectivity index (χ0) is 15.2. The van der Waals surface area contributed by atoms with Gasteiger partial charge in [-0.1, -0.05) is 11.6 Å². The predicted octanol–water partition coefficient (Wildman–Crippen LogP) is 1.51. The Kier molecular flexibility index (Phi) is 3.67. The van der Waals surface area contributed by atoms with Crippen LogP contribution >= 0.6 is 11.6 Å². The molecule has 1 aromatic heterocycles. The number of aromatic nitrogens is 1. The summed E-state index contributed by atoms with van der Waals surface area (Å²) in [6.45, 7) is 0. The topological polar surface area (TPSA) is 96.4 Å². The van der Waals surface area contributed by atoms with E-state index >= 15 is 0 Å². The van der Waals surface area contributed by atoms with Gasteiger partial charge in [-0.25, -0.2) is 18.1 Å². The molecule has 0 aliphatic heterocycles. The number of halogens is 1. The van der Waals surface area contributed by atoms with Crippen LogP contribution in [0, 0.1) is 17.8 Å². The number of aliphatic carboxylic acids is 1. The van der Waals surface area contributed by atoms with Crippen LogP contribution in [0.25, 0.3) is 0 Å². The van der Waals surface area contributed by atoms with Gasteiger partial charge in [0.05, 0.1) is 5.92 Å². The molecule has 2 aliphatic rings. The number of hydrogen-bond acceptors (Lipinski definition) is 4. The van der Waals surface area contributed by atoms with Gasteiger partial charge < -0.3 is 5.11 Å². The highest BCUT2D eigenvalue weighted by Gasteiger charge is 2.52. The third-order valence-corrected chi connectivity index (χ3v) is 6.41. The number of carbonyl (C=O) groups is 1. The molecule has 8 heteroatoms. The first-order valence-electron chi connectivity index (χ1n) is 6.76. The van der Waals surface area contributed by atoms with Crippen molar-refractivity contribution in [2.24, 2.45) is 17.8 Å². The van der Waals surface area contributed by atoms with Gasteiger partial charge in [-0.2, -0.15) is 0 Å². The van der Waals surface area contributed by atoms with Gasteiger partial charge in [0, 0.05) is 12.2 Å². The van der Waals surface area contributed by atoms with E-state index < -0.39 is 28.0 Å². The Morgan fingerprint density at radius 1 is 1.38 bits per heavy atom. The van der Waals surface area contributed by atoms with E-state index in [1.807, 2.05) is 0 Å². The molecule has 0 aromatic carbocycles. The van der Waals surface area contributed by atoms with E-state index in [1.165, 1.54) is 18.3 Å². The number of nitrogens with one attached hydrogen (secondary N) is 1. The number of sulfonamides is 1. The lowest BCUT2D eigenvalue weighted by molar-refractivity contribution is -0.144. The fourth-order valence-corrected chi connectivity index (χ4v) is 5.41. The van der Waals surface area contributed by atoms with Crippen LogP contribution in [-0.2, 0) is 14.8 Å². The summed E-state index contributed by atoms with van der Waals surface area (Å²) in [5.74, 6) is -1.45. The molecule has 0 amide bonds. The number of carboxylic acid groups (broad SMARTS) is 1. The Morgan fingerprint density at radius 3 is 2.76 bits per heavy atom. The van der Waals surface area contributed by atoms with Crippen molar-refractivity contribution >= 4 is 27.6 Å². The monoisotopic (exact) mass is 330 g/mol. The molecule has 0 spiro atoms. The Balaban J connectivity index is 1.89. The van der Waals surface area contributed by atoms with Gasteiger partial charge in [-0.15, -0.1) is 0 Å². The van der Waals surface area contributed by atoms with Crippen LogP contribution in [0.1, 0.15) is 19.3 Å². The molecule has 2 N–H and O–H groups in total. The van der Waals surface area contributed by atoms with Crippen LogP contribution in [0.15, 0.2) is 23.2 Å². The van der Waals surface area contributed by atoms with Gasteiger partial charge in [-0.05, 0) is 43.2 Å². The molecule has 21 heavy (non-hydrogen) atoms. The predicted molar refractivity (Wildman–Crippen MR) is 75.3 cm³/mol. The fraction of sp³-hybridized carbons (Fsp3) is 0.538. The quantitative estimate of drug-likeness (QED) is 0.816. The maximum atomic E-state index is 12.4. The molecule has 0 radical (unpaired) electrons. The summed E-state index contributed by atoms with van der Waals surface area (Å²) in [7, 11) is -3.87. The van der Waals surface area contributed by atoms with Gasteiger partial charge >= 0.3 is 5.97 Å². The minimum absolute atomic E-state index is 0.0598. The Bertz CT molecular complexity index is 679. The SMILES string of the molecule is O=C(O)C1C2CCC(C2)C1NS(=O)(=O)c1cccnc1Cl. The number of carboxylic acids is 1. The third-order valence-electron chi connectivity index (χ3n) is 4.51. The smallest absolute Gasteiger partial charge is 0.308 e. The molecule has 6 nitrogen and oxygen atoms in total. The van der Waals surface area contributed by atoms with Crippen molar-refractivity contribution in [3.8, 4) is 0 Å². The number of hydrogen-bond donors (Lipinski definition) is 2. The van der Waals surface area contributed by atoms with Gasteiger partial charge in [0.1, 0.15) is 10.0 Å². The lowest BCUT2D eigenvalue weighted by Gasteiger charge is -2.28. The highest BCUT2D eigenvalue weighted by atomic mass is 35.5. The molecular weight excluding hydrogens is 316 g/mol. The first-order valence-corrected chi connectivity index (χ1v) is 8.62. The zero-order valence-electron chi connectivity index (χ0n) is 11.1. The number of fused-ring (bicyclic) bond motifs is 2. The van der Waals surface area contributed by atoms with Crippen molar-refractivity contribution in [2.45, 2.75) is 30.2 Å². The van der Waals surface area contributed by atoms with Crippen LogP contribution in [0.2, 0.25) is 5.15 Å². The summed E-state index contributed by atoms with van der Waals surface area (Å²) >= 11 is 5.83. The largest absolute Gasteiger partial charge is 0.481 e. The van der Waals surface area contributed by atoms with Crippen molar-refractivity contribution in [1.29, 1.82) is 0 Å². The lowest BCUT2D eigenvalue weighted by Crippen LogP contribution is -2.46. The fourth-order valence-electron chi connectivity index (χ4n) is 3.63. The minimum Gasteiger partial charge on any atom is -0.481 e. The van der Waals surface area contributed by atoms with Crippen LogP contribution in [0.5, 0.6) is 0 Å². The van der Waals surface area contributed by atoms with Crippen molar-refractivity contribution in [1.82, 2.24) is 9.71 Å². The van der Waals surface area contributed by atoms with Crippen molar-refractivity contribution in [3.05, 3.63) is 23.5 Å². The Labute approximate surface area is 127 Å². The molecule has 4 atom stereocenters. The van der Waals surface area contributed by atoms with Crippen LogP contribution in [-0.4, -0.2) is 30.5 Å². The Morgan fingerprint density at radius 2 is 2.10 bits per heavy atom. The number of rotatable bonds is 4. The van der Waals surface area contributed by atoms with E-state index in [4.69, 9.17) is 11.6 Å². The maximum Gasteiger partial charge on any atom is 0.308 e. The normalized spacial score (nSPS) is 31.5. The highest BCUT2D eigenvalue weighted by Crippen LogP contribution is 2.49. The van der Waals surface area contributed by atoms with Gasteiger partial charge in [0.2, 0.25) is 10.0 Å². The molecule has 1 heterocycles. The van der Waals surface area contributed by atoms with Gasteiger partial charge in [-0.3, -0.25) is 4.79 Å². The van der Waals surface area contributed by atoms with Gasteiger partial charge in [0.15, 0.2) is 0 Å². The maximum absolute atomic E-state index is 12.4. The summed E-state index contributed by atoms with van der Waals surface area (Å²) in [4.78, 5) is 15.1. The van der Waals surface area contributed by atoms with E-state index in [0.717, 1.165) is 19.3 Å². The molecule has 2 aliphatic carbocycles. The summed E-state index contributed by atoms with van der Waals surface area (Å²) in [6, 6.07) is 2.28. The van der Waals surface area contributed by atoms with E-state index in [-0.39, 0.29) is 21.9 Å². The van der Waals surface area contributed by atoms with Crippen LogP contribution in [0.3, 0.4) is 0 Å². The molecule has 2 saturated carbocycles. The molecule has 4 unspecified atom stereocenters. The molecule has 2 bridgehead atoms. The molecule has 3 rings (SSSR count). The van der Waals surface area contributed by atoms with E-state index in [1.54, 1.807) is 0 Å². The average molecular weight is 331 g/mol. The summed E-state index contributed by atoms with van der Waals surface area (Å²) in [5, 5.41) is 9.24. The third kappa shape index (κ3) is 2.54.